The maximum absolute atomic E-state index is 14.3. The van der Waals surface area contributed by atoms with Gasteiger partial charge in [0.25, 0.3) is 0 Å². The number of carboxylic acids is 1. The molecular weight excluding hydrogens is 733 g/mol. The fraction of sp³-hybridized carbons (Fsp3) is 0.390. The summed E-state index contributed by atoms with van der Waals surface area (Å²) in [6.07, 6.45) is 6.32. The van der Waals surface area contributed by atoms with Crippen LogP contribution in [0, 0.1) is 11.8 Å². The second-order valence-corrected chi connectivity index (χ2v) is 15.1. The van der Waals surface area contributed by atoms with Gasteiger partial charge in [0.1, 0.15) is 21.9 Å². The van der Waals surface area contributed by atoms with E-state index in [2.05, 4.69) is 4.90 Å². The lowest BCUT2D eigenvalue weighted by molar-refractivity contribution is -0.904. The summed E-state index contributed by atoms with van der Waals surface area (Å²) in [5.74, 6) is 0.594. The van der Waals surface area contributed by atoms with Gasteiger partial charge >= 0.3 is 12.1 Å². The Kier molecular flexibility index (Phi) is 11.4. The lowest BCUT2D eigenvalue weighted by atomic mass is 9.82. The first kappa shape index (κ1) is 37.6. The Morgan fingerprint density at radius 2 is 1.65 bits per heavy atom. The van der Waals surface area contributed by atoms with Crippen LogP contribution in [0.1, 0.15) is 64.2 Å². The molecule has 2 atom stereocenters. The quantitative estimate of drug-likeness (QED) is 0.0984. The average Bonchev–Trinajstić information content (AvgIpc) is 4.01. The zero-order chi connectivity index (χ0) is 37.9. The molecule has 4 aliphatic rings. The molecule has 3 saturated heterocycles. The van der Waals surface area contributed by atoms with Crippen LogP contribution < -0.4 is 23.8 Å². The molecule has 2 bridgehead atoms. The van der Waals surface area contributed by atoms with E-state index in [-0.39, 0.29) is 34.7 Å². The molecule has 54 heavy (non-hydrogen) atoms. The van der Waals surface area contributed by atoms with Gasteiger partial charge in [0.05, 0.1) is 38.6 Å². The summed E-state index contributed by atoms with van der Waals surface area (Å²) in [7, 11) is 3.07. The third-order valence-electron chi connectivity index (χ3n) is 10.7. The number of carbonyl (C=O) groups excluding carboxylic acids is 1. The van der Waals surface area contributed by atoms with Gasteiger partial charge in [0.15, 0.2) is 11.5 Å². The first-order valence-corrected chi connectivity index (χ1v) is 19.0. The fourth-order valence-electron chi connectivity index (χ4n) is 7.57. The minimum absolute atomic E-state index is 0.0634. The number of ether oxygens (including phenoxy) is 4. The zero-order valence-corrected chi connectivity index (χ0v) is 31.8. The number of para-hydroxylation sites is 2. The second-order valence-electron chi connectivity index (χ2n) is 14.3. The average molecular weight is 778 g/mol. The number of benzene rings is 3. The van der Waals surface area contributed by atoms with Gasteiger partial charge in [-0.15, -0.1) is 0 Å². The van der Waals surface area contributed by atoms with E-state index in [4.69, 9.17) is 42.1 Å². The molecule has 11 nitrogen and oxygen atoms in total. The maximum Gasteiger partial charge on any atom is 0.415 e. The van der Waals surface area contributed by atoms with E-state index in [1.807, 2.05) is 36.4 Å². The Hall–Kier alpha value is -4.71. The number of carbonyl (C=O) groups is 2. The van der Waals surface area contributed by atoms with Gasteiger partial charge in [-0.05, 0) is 104 Å². The van der Waals surface area contributed by atoms with E-state index in [9.17, 15) is 19.9 Å². The van der Waals surface area contributed by atoms with Crippen LogP contribution in [0.4, 0.5) is 10.5 Å². The Balaban J connectivity index is 1.30. The Morgan fingerprint density at radius 1 is 0.926 bits per heavy atom. The van der Waals surface area contributed by atoms with Crippen molar-refractivity contribution < 1.29 is 43.6 Å². The second kappa shape index (κ2) is 16.3. The molecule has 3 aliphatic heterocycles. The van der Waals surface area contributed by atoms with Gasteiger partial charge in [-0.1, -0.05) is 53.5 Å². The van der Waals surface area contributed by atoms with Crippen LogP contribution in [0.2, 0.25) is 10.0 Å². The van der Waals surface area contributed by atoms with Crippen molar-refractivity contribution in [2.45, 2.75) is 50.7 Å². The van der Waals surface area contributed by atoms with E-state index in [1.165, 1.54) is 26.6 Å². The van der Waals surface area contributed by atoms with Crippen LogP contribution in [0.3, 0.4) is 0 Å². The summed E-state index contributed by atoms with van der Waals surface area (Å²) in [6, 6.07) is 17.9. The lowest BCUT2D eigenvalue weighted by Crippen LogP contribution is -2.53. The number of methoxy groups -OCH3 is 2. The highest BCUT2D eigenvalue weighted by molar-refractivity contribution is 6.35. The first-order chi connectivity index (χ1) is 26.1. The number of nitrogens with zero attached hydrogens (tertiary/aromatic N) is 3. The monoisotopic (exact) mass is 776 g/mol. The van der Waals surface area contributed by atoms with Crippen LogP contribution >= 0.6 is 23.2 Å². The van der Waals surface area contributed by atoms with E-state index >= 15 is 0 Å². The van der Waals surface area contributed by atoms with Crippen LogP contribution in [0.5, 0.6) is 17.2 Å². The molecule has 1 aliphatic carbocycles. The fourth-order valence-corrected chi connectivity index (χ4v) is 8.18. The number of fused-ring (bicyclic) bond motifs is 3. The third kappa shape index (κ3) is 8.33. The van der Waals surface area contributed by atoms with Gasteiger partial charge in [-0.25, -0.2) is 9.59 Å². The highest BCUT2D eigenvalue weighted by Gasteiger charge is 2.38. The van der Waals surface area contributed by atoms with Crippen LogP contribution in [-0.2, 0) is 17.7 Å². The molecule has 284 valence electrons. The van der Waals surface area contributed by atoms with Crippen LogP contribution in [-0.4, -0.2) is 73.8 Å². The number of amides is 1. The third-order valence-corrected chi connectivity index (χ3v) is 11.4. The number of carboxylic acid groups (broad SMARTS) is 1. The van der Waals surface area contributed by atoms with Crippen LogP contribution in [0.25, 0.3) is 0 Å². The number of hydrogen-bond donors (Lipinski definition) is 2. The molecule has 3 aromatic carbocycles. The van der Waals surface area contributed by atoms with Crippen molar-refractivity contribution in [1.82, 2.24) is 4.90 Å². The lowest BCUT2D eigenvalue weighted by Gasteiger charge is -2.44. The van der Waals surface area contributed by atoms with Gasteiger partial charge in [-0.3, -0.25) is 15.0 Å². The Labute approximate surface area is 324 Å². The van der Waals surface area contributed by atoms with Gasteiger partial charge in [0, 0.05) is 22.8 Å². The van der Waals surface area contributed by atoms with Gasteiger partial charge < -0.3 is 24.1 Å². The summed E-state index contributed by atoms with van der Waals surface area (Å²) in [6.45, 7) is 3.37. The molecule has 4 aromatic rings. The topological polar surface area (TPSA) is 122 Å². The van der Waals surface area contributed by atoms with Gasteiger partial charge in [-0.2, -0.15) is 0 Å². The molecule has 0 spiro atoms. The molecule has 4 fully saturated rings. The van der Waals surface area contributed by atoms with Crippen molar-refractivity contribution in [1.29, 1.82) is 0 Å². The SMILES string of the molecule is COc1ccc([C@H](Cc2c(Cl)c[n+](O)cc2Cl)c2cc(CN(C(=O)O[C@H]3CN4CCC3CC4)c3ccccc3OCC3CC3)ccc2C(=O)O)cc1OC. The maximum atomic E-state index is 14.3. The minimum atomic E-state index is -1.13. The van der Waals surface area contributed by atoms with Gasteiger partial charge in [0.2, 0.25) is 12.4 Å². The minimum Gasteiger partial charge on any atom is -0.493 e. The van der Waals surface area contributed by atoms with Crippen molar-refractivity contribution in [3.05, 3.63) is 111 Å². The van der Waals surface area contributed by atoms with E-state index < -0.39 is 18.0 Å². The molecule has 4 heterocycles. The molecule has 0 radical (unpaired) electrons. The molecule has 1 amide bonds. The number of aromatic carboxylic acids is 1. The van der Waals surface area contributed by atoms with Crippen molar-refractivity contribution in [3.8, 4) is 17.2 Å². The van der Waals surface area contributed by atoms with Crippen LogP contribution in [0.15, 0.2) is 73.1 Å². The summed E-state index contributed by atoms with van der Waals surface area (Å²) < 4.78 is 24.5. The highest BCUT2D eigenvalue weighted by Crippen LogP contribution is 2.40. The normalized spacial score (nSPS) is 19.5. The number of aromatic nitrogens is 1. The zero-order valence-electron chi connectivity index (χ0n) is 30.3. The number of piperidine rings is 3. The molecule has 1 aromatic heterocycles. The molecule has 13 heteroatoms. The molecular formula is C41H44Cl2N3O8+. The van der Waals surface area contributed by atoms with E-state index in [1.54, 1.807) is 29.2 Å². The number of halogens is 2. The molecule has 8 rings (SSSR count). The molecule has 1 saturated carbocycles. The number of pyridine rings is 1. The van der Waals surface area contributed by atoms with Crippen molar-refractivity contribution in [2.75, 3.05) is 45.4 Å². The predicted octanol–water partition coefficient (Wildman–Crippen LogP) is 7.63. The van der Waals surface area contributed by atoms with E-state index in [0.717, 1.165) is 43.5 Å². The highest BCUT2D eigenvalue weighted by atomic mass is 35.5. The standard InChI is InChI=1S/C41H43Cl2N3O8/c1-51-37-12-10-28(18-38(37)52-2)30(19-32-33(42)21-45(50)22-34(32)43)31-17-26(9-11-29(31)40(47)48)20-46(35-5-3-4-6-36(35)53-24-25-7-8-25)41(49)54-39-23-44-15-13-27(39)14-16-44/h3-6,9-12,17-18,21-22,25,27,30,39H,7-8,13-16,19-20,23-24H2,1-2H3,(H-,47,48,50)/p+1/t30-,39-/m0/s1. The molecule has 2 N–H and O–H groups in total. The number of anilines is 1. The largest absolute Gasteiger partial charge is 0.493 e. The Bertz CT molecular complexity index is 1990. The first-order valence-electron chi connectivity index (χ1n) is 18.2. The summed E-state index contributed by atoms with van der Waals surface area (Å²) in [5, 5.41) is 21.0. The number of rotatable bonds is 14. The van der Waals surface area contributed by atoms with E-state index in [0.29, 0.717) is 70.2 Å². The summed E-state index contributed by atoms with van der Waals surface area (Å²) in [4.78, 5) is 31.2. The van der Waals surface area contributed by atoms with Crippen molar-refractivity contribution in [2.24, 2.45) is 11.8 Å². The smallest absolute Gasteiger partial charge is 0.415 e. The Morgan fingerprint density at radius 3 is 2.30 bits per heavy atom. The summed E-state index contributed by atoms with van der Waals surface area (Å²) >= 11 is 13.3. The van der Waals surface area contributed by atoms with Crippen molar-refractivity contribution in [3.63, 3.8) is 0 Å². The predicted molar refractivity (Wildman–Crippen MR) is 203 cm³/mol. The number of hydrogen-bond acceptors (Lipinski definition) is 8. The molecule has 0 unspecified atom stereocenters. The van der Waals surface area contributed by atoms with Crippen molar-refractivity contribution >= 4 is 41.0 Å². The summed E-state index contributed by atoms with van der Waals surface area (Å²) in [5.41, 5.74) is 2.98.